The summed E-state index contributed by atoms with van der Waals surface area (Å²) in [6.45, 7) is 2.59. The van der Waals surface area contributed by atoms with Gasteiger partial charge in [0.25, 0.3) is 0 Å². The first-order valence-corrected chi connectivity index (χ1v) is 7.43. The number of aliphatic carboxylic acids is 1. The molecule has 0 bridgehead atoms. The molecule has 0 aromatic heterocycles. The van der Waals surface area contributed by atoms with Crippen molar-refractivity contribution < 1.29 is 24.2 Å². The van der Waals surface area contributed by atoms with Gasteiger partial charge in [-0.25, -0.2) is 4.79 Å². The number of nitrogens with zero attached hydrogens (tertiary/aromatic N) is 1. The van der Waals surface area contributed by atoms with Crippen LogP contribution in [0.5, 0.6) is 5.75 Å². The topological polar surface area (TPSA) is 76.1 Å². The highest BCUT2D eigenvalue weighted by atomic mass is 16.5. The average molecular weight is 319 g/mol. The quantitative estimate of drug-likeness (QED) is 0.832. The Kier molecular flexibility index (Phi) is 5.76. The lowest BCUT2D eigenvalue weighted by molar-refractivity contribution is -0.158. The first kappa shape index (κ1) is 17.0. The first-order chi connectivity index (χ1) is 11.0. The minimum atomic E-state index is -1.04. The molecule has 6 nitrogen and oxygen atoms in total. The van der Waals surface area contributed by atoms with Crippen molar-refractivity contribution in [3.8, 4) is 5.75 Å². The zero-order chi connectivity index (χ0) is 16.8. The van der Waals surface area contributed by atoms with Crippen LogP contribution >= 0.6 is 0 Å². The molecule has 0 saturated carbocycles. The van der Waals surface area contributed by atoms with E-state index in [1.807, 2.05) is 31.2 Å². The number of carboxylic acids is 1. The van der Waals surface area contributed by atoms with Crippen molar-refractivity contribution in [3.63, 3.8) is 0 Å². The van der Waals surface area contributed by atoms with Crippen LogP contribution in [0.4, 0.5) is 0 Å². The Balaban J connectivity index is 2.02. The summed E-state index contributed by atoms with van der Waals surface area (Å²) < 4.78 is 10.4. The number of hydrogen-bond donors (Lipinski definition) is 1. The number of hydrogen-bond acceptors (Lipinski definition) is 4. The van der Waals surface area contributed by atoms with E-state index in [2.05, 4.69) is 0 Å². The Labute approximate surface area is 135 Å². The van der Waals surface area contributed by atoms with Crippen molar-refractivity contribution in [2.45, 2.75) is 19.4 Å². The molecular formula is C17H21NO5. The van der Waals surface area contributed by atoms with Crippen LogP contribution in [0, 0.1) is 0 Å². The number of benzene rings is 1. The maximum Gasteiger partial charge on any atom is 0.334 e. The molecule has 0 aliphatic carbocycles. The molecule has 6 heteroatoms. The highest BCUT2D eigenvalue weighted by Crippen LogP contribution is 2.20. The molecule has 1 saturated heterocycles. The Morgan fingerprint density at radius 3 is 2.87 bits per heavy atom. The third-order valence-electron chi connectivity index (χ3n) is 3.69. The monoisotopic (exact) mass is 319 g/mol. The van der Waals surface area contributed by atoms with E-state index >= 15 is 0 Å². The summed E-state index contributed by atoms with van der Waals surface area (Å²) in [6.07, 6.45) is 1.20. The highest BCUT2D eigenvalue weighted by Gasteiger charge is 2.28. The van der Waals surface area contributed by atoms with Crippen LogP contribution in [0.2, 0.25) is 0 Å². The zero-order valence-electron chi connectivity index (χ0n) is 13.3. The fourth-order valence-electron chi connectivity index (χ4n) is 2.50. The van der Waals surface area contributed by atoms with Gasteiger partial charge in [-0.3, -0.25) is 4.79 Å². The van der Waals surface area contributed by atoms with Crippen molar-refractivity contribution in [2.75, 3.05) is 26.8 Å². The average Bonchev–Trinajstić information content (AvgIpc) is 2.55. The van der Waals surface area contributed by atoms with E-state index in [9.17, 15) is 9.59 Å². The van der Waals surface area contributed by atoms with Crippen molar-refractivity contribution >= 4 is 11.9 Å². The second-order valence-electron chi connectivity index (χ2n) is 5.46. The summed E-state index contributed by atoms with van der Waals surface area (Å²) in [7, 11) is 1.61. The maximum atomic E-state index is 12.3. The van der Waals surface area contributed by atoms with Crippen LogP contribution < -0.4 is 4.74 Å². The molecule has 1 aliphatic heterocycles. The highest BCUT2D eigenvalue weighted by molar-refractivity contribution is 5.89. The second-order valence-corrected chi connectivity index (χ2v) is 5.46. The lowest BCUT2D eigenvalue weighted by Crippen LogP contribution is -2.48. The number of rotatable bonds is 5. The number of carboxylic acid groups (broad SMARTS) is 1. The minimum Gasteiger partial charge on any atom is -0.496 e. The van der Waals surface area contributed by atoms with Gasteiger partial charge in [0, 0.05) is 12.6 Å². The van der Waals surface area contributed by atoms with Crippen LogP contribution in [0.1, 0.15) is 12.5 Å². The molecule has 1 amide bonds. The Bertz CT molecular complexity index is 611. The van der Waals surface area contributed by atoms with E-state index in [1.54, 1.807) is 13.2 Å². The van der Waals surface area contributed by atoms with Gasteiger partial charge >= 0.3 is 5.97 Å². The fourth-order valence-corrected chi connectivity index (χ4v) is 2.50. The van der Waals surface area contributed by atoms with Crippen molar-refractivity contribution in [1.29, 1.82) is 0 Å². The summed E-state index contributed by atoms with van der Waals surface area (Å²) in [5, 5.41) is 8.98. The number of amides is 1. The maximum absolute atomic E-state index is 12.3. The molecule has 124 valence electrons. The van der Waals surface area contributed by atoms with Crippen LogP contribution in [0.15, 0.2) is 35.9 Å². The van der Waals surface area contributed by atoms with Gasteiger partial charge in [0.05, 0.1) is 20.3 Å². The first-order valence-electron chi connectivity index (χ1n) is 7.43. The van der Waals surface area contributed by atoms with E-state index in [4.69, 9.17) is 14.6 Å². The Morgan fingerprint density at radius 1 is 1.43 bits per heavy atom. The number of carbonyl (C=O) groups is 2. The van der Waals surface area contributed by atoms with E-state index in [0.717, 1.165) is 16.9 Å². The predicted molar refractivity (Wildman–Crippen MR) is 84.4 cm³/mol. The van der Waals surface area contributed by atoms with Crippen LogP contribution in [-0.2, 0) is 20.7 Å². The van der Waals surface area contributed by atoms with Gasteiger partial charge in [0.15, 0.2) is 6.10 Å². The van der Waals surface area contributed by atoms with E-state index in [-0.39, 0.29) is 19.1 Å². The predicted octanol–water partition coefficient (Wildman–Crippen LogP) is 1.50. The third kappa shape index (κ3) is 4.56. The molecule has 1 aromatic rings. The molecule has 1 heterocycles. The molecular weight excluding hydrogens is 298 g/mol. The van der Waals surface area contributed by atoms with Gasteiger partial charge in [-0.05, 0) is 25.0 Å². The molecule has 0 spiro atoms. The number of ether oxygens (including phenoxy) is 2. The molecule has 1 fully saturated rings. The standard InChI is InChI=1S/C17H21NO5/c1-12(9-13-5-3-4-6-14(13)22-2)10-16(19)18-7-8-23-15(11-18)17(20)21/h3-6,10,15H,7-9,11H2,1-2H3,(H,20,21)/b12-10+. The smallest absolute Gasteiger partial charge is 0.334 e. The van der Waals surface area contributed by atoms with E-state index in [1.165, 1.54) is 4.90 Å². The summed E-state index contributed by atoms with van der Waals surface area (Å²) in [5.74, 6) is -0.450. The fraction of sp³-hybridized carbons (Fsp3) is 0.412. The molecule has 1 atom stereocenters. The lowest BCUT2D eigenvalue weighted by Gasteiger charge is -2.30. The largest absolute Gasteiger partial charge is 0.496 e. The molecule has 1 N–H and O–H groups in total. The van der Waals surface area contributed by atoms with Gasteiger partial charge in [-0.2, -0.15) is 0 Å². The van der Waals surface area contributed by atoms with Crippen molar-refractivity contribution in [2.24, 2.45) is 0 Å². The van der Waals surface area contributed by atoms with E-state index < -0.39 is 12.1 Å². The Morgan fingerprint density at radius 2 is 2.17 bits per heavy atom. The number of methoxy groups -OCH3 is 1. The number of carbonyl (C=O) groups excluding carboxylic acids is 1. The third-order valence-corrected chi connectivity index (χ3v) is 3.69. The summed E-state index contributed by atoms with van der Waals surface area (Å²) in [6, 6.07) is 7.65. The molecule has 23 heavy (non-hydrogen) atoms. The lowest BCUT2D eigenvalue weighted by atomic mass is 10.0. The molecule has 0 radical (unpaired) electrons. The van der Waals surface area contributed by atoms with Gasteiger partial charge < -0.3 is 19.5 Å². The molecule has 1 aromatic carbocycles. The molecule has 2 rings (SSSR count). The summed E-state index contributed by atoms with van der Waals surface area (Å²) >= 11 is 0. The summed E-state index contributed by atoms with van der Waals surface area (Å²) in [5.41, 5.74) is 1.89. The van der Waals surface area contributed by atoms with Crippen molar-refractivity contribution in [1.82, 2.24) is 4.90 Å². The van der Waals surface area contributed by atoms with E-state index in [0.29, 0.717) is 13.0 Å². The van der Waals surface area contributed by atoms with Crippen LogP contribution in [0.3, 0.4) is 0 Å². The number of para-hydroxylation sites is 1. The zero-order valence-corrected chi connectivity index (χ0v) is 13.3. The van der Waals surface area contributed by atoms with Crippen LogP contribution in [-0.4, -0.2) is 54.8 Å². The van der Waals surface area contributed by atoms with Gasteiger partial charge in [-0.1, -0.05) is 23.8 Å². The molecule has 1 unspecified atom stereocenters. The van der Waals surface area contributed by atoms with Crippen molar-refractivity contribution in [3.05, 3.63) is 41.5 Å². The van der Waals surface area contributed by atoms with Gasteiger partial charge in [0.2, 0.25) is 5.91 Å². The second kappa shape index (κ2) is 7.78. The number of morpholine rings is 1. The van der Waals surface area contributed by atoms with Gasteiger partial charge in [-0.15, -0.1) is 0 Å². The summed E-state index contributed by atoms with van der Waals surface area (Å²) in [4.78, 5) is 24.8. The van der Waals surface area contributed by atoms with Crippen LogP contribution in [0.25, 0.3) is 0 Å². The molecule has 1 aliphatic rings. The number of allylic oxidation sites excluding steroid dienone is 1. The SMILES string of the molecule is COc1ccccc1C/C(C)=C/C(=O)N1CCOC(C(=O)O)C1. The Hall–Kier alpha value is -2.34. The minimum absolute atomic E-state index is 0.0760. The van der Waals surface area contributed by atoms with Gasteiger partial charge in [0.1, 0.15) is 5.75 Å². The normalized spacial score (nSPS) is 18.6.